The van der Waals surface area contributed by atoms with E-state index >= 15 is 0 Å². The van der Waals surface area contributed by atoms with Crippen molar-refractivity contribution in [2.45, 2.75) is 81.4 Å². The highest BCUT2D eigenvalue weighted by molar-refractivity contribution is 7.85. The van der Waals surface area contributed by atoms with Crippen LogP contribution in [-0.4, -0.2) is 46.3 Å². The van der Waals surface area contributed by atoms with Crippen molar-refractivity contribution in [2.75, 3.05) is 19.0 Å². The Morgan fingerprint density at radius 3 is 2.43 bits per heavy atom. The molecule has 1 N–H and O–H groups in total. The Bertz CT molecular complexity index is 361. The van der Waals surface area contributed by atoms with Crippen molar-refractivity contribution >= 4 is 10.8 Å². The Hall–Kier alpha value is 0.0300. The highest BCUT2D eigenvalue weighted by Crippen LogP contribution is 2.36. The van der Waals surface area contributed by atoms with Gasteiger partial charge in [0.1, 0.15) is 0 Å². The first-order valence-electron chi connectivity index (χ1n) is 8.63. The average Bonchev–Trinajstić information content (AvgIpc) is 2.98. The van der Waals surface area contributed by atoms with E-state index in [0.717, 1.165) is 51.1 Å². The lowest BCUT2D eigenvalue weighted by atomic mass is 9.87. The molecule has 3 fully saturated rings. The van der Waals surface area contributed by atoms with Crippen LogP contribution in [-0.2, 0) is 20.3 Å². The number of nitrogens with one attached hydrogen (secondary N) is 1. The third-order valence-corrected chi connectivity index (χ3v) is 7.14. The van der Waals surface area contributed by atoms with E-state index in [0.29, 0.717) is 17.3 Å². The molecule has 122 valence electrons. The Morgan fingerprint density at radius 2 is 1.76 bits per heavy atom. The largest absolute Gasteiger partial charge is 0.348 e. The van der Waals surface area contributed by atoms with E-state index in [1.807, 2.05) is 6.92 Å². The minimum absolute atomic E-state index is 0.267. The van der Waals surface area contributed by atoms with E-state index in [2.05, 4.69) is 5.32 Å². The summed E-state index contributed by atoms with van der Waals surface area (Å²) < 4.78 is 23.8. The van der Waals surface area contributed by atoms with Crippen LogP contribution in [0.2, 0.25) is 0 Å². The topological polar surface area (TPSA) is 47.6 Å². The van der Waals surface area contributed by atoms with Crippen LogP contribution in [0.25, 0.3) is 0 Å². The van der Waals surface area contributed by atoms with Crippen LogP contribution in [0.15, 0.2) is 0 Å². The second-order valence-electron chi connectivity index (χ2n) is 6.65. The van der Waals surface area contributed by atoms with Gasteiger partial charge in [0, 0.05) is 41.5 Å². The molecule has 0 aromatic rings. The van der Waals surface area contributed by atoms with E-state index < -0.39 is 10.8 Å². The van der Waals surface area contributed by atoms with Crippen molar-refractivity contribution in [1.29, 1.82) is 0 Å². The fraction of sp³-hybridized carbons (Fsp3) is 1.00. The number of hydrogen-bond donors (Lipinski definition) is 1. The van der Waals surface area contributed by atoms with E-state index in [1.54, 1.807) is 0 Å². The monoisotopic (exact) mass is 315 g/mol. The van der Waals surface area contributed by atoms with Crippen LogP contribution in [0.1, 0.15) is 58.3 Å². The SMILES string of the molecule is CC[S@@](=O)[C@@H]1CCCC[C@@H]1NC1CCC2(CC1)OCCO2. The maximum Gasteiger partial charge on any atom is 0.168 e. The fourth-order valence-corrected chi connectivity index (χ4v) is 5.57. The normalized spacial score (nSPS) is 35.1. The maximum absolute atomic E-state index is 12.3. The van der Waals surface area contributed by atoms with Crippen LogP contribution >= 0.6 is 0 Å². The number of rotatable bonds is 4. The molecular formula is C16H29NO3S. The zero-order valence-electron chi connectivity index (χ0n) is 13.1. The molecular weight excluding hydrogens is 286 g/mol. The lowest BCUT2D eigenvalue weighted by Crippen LogP contribution is -2.51. The van der Waals surface area contributed by atoms with Crippen LogP contribution in [0, 0.1) is 0 Å². The molecule has 1 saturated heterocycles. The first kappa shape index (κ1) is 15.9. The highest BCUT2D eigenvalue weighted by atomic mass is 32.2. The predicted molar refractivity (Wildman–Crippen MR) is 84.8 cm³/mol. The molecule has 2 aliphatic carbocycles. The van der Waals surface area contributed by atoms with Crippen molar-refractivity contribution < 1.29 is 13.7 Å². The maximum atomic E-state index is 12.3. The summed E-state index contributed by atoms with van der Waals surface area (Å²) in [6, 6.07) is 0.992. The van der Waals surface area contributed by atoms with Crippen LogP contribution < -0.4 is 5.32 Å². The van der Waals surface area contributed by atoms with Crippen molar-refractivity contribution in [3.63, 3.8) is 0 Å². The van der Waals surface area contributed by atoms with Crippen molar-refractivity contribution in [2.24, 2.45) is 0 Å². The summed E-state index contributed by atoms with van der Waals surface area (Å²) in [6.07, 6.45) is 9.05. The van der Waals surface area contributed by atoms with Gasteiger partial charge in [-0.3, -0.25) is 4.21 Å². The van der Waals surface area contributed by atoms with Gasteiger partial charge in [-0.1, -0.05) is 19.8 Å². The van der Waals surface area contributed by atoms with Crippen LogP contribution in [0.3, 0.4) is 0 Å². The van der Waals surface area contributed by atoms with Gasteiger partial charge in [-0.15, -0.1) is 0 Å². The summed E-state index contributed by atoms with van der Waals surface area (Å²) in [6.45, 7) is 3.54. The van der Waals surface area contributed by atoms with Gasteiger partial charge in [0.2, 0.25) is 0 Å². The Kier molecular flexibility index (Phi) is 5.36. The van der Waals surface area contributed by atoms with E-state index in [4.69, 9.17) is 9.47 Å². The van der Waals surface area contributed by atoms with Gasteiger partial charge in [0.25, 0.3) is 0 Å². The minimum atomic E-state index is -0.668. The van der Waals surface area contributed by atoms with Gasteiger partial charge in [-0.05, 0) is 25.7 Å². The molecule has 5 heteroatoms. The molecule has 3 aliphatic rings. The Labute approximate surface area is 130 Å². The lowest BCUT2D eigenvalue weighted by Gasteiger charge is -2.39. The highest BCUT2D eigenvalue weighted by Gasteiger charge is 2.41. The van der Waals surface area contributed by atoms with Crippen molar-refractivity contribution in [3.8, 4) is 0 Å². The first-order chi connectivity index (χ1) is 10.2. The van der Waals surface area contributed by atoms with Gasteiger partial charge in [0.15, 0.2) is 5.79 Å². The molecule has 1 spiro atoms. The zero-order valence-corrected chi connectivity index (χ0v) is 14.0. The predicted octanol–water partition coefficient (Wildman–Crippen LogP) is 2.34. The summed E-state index contributed by atoms with van der Waals surface area (Å²) in [7, 11) is -0.668. The summed E-state index contributed by atoms with van der Waals surface area (Å²) >= 11 is 0. The molecule has 3 rings (SSSR count). The third-order valence-electron chi connectivity index (χ3n) is 5.34. The second-order valence-corrected chi connectivity index (χ2v) is 8.59. The van der Waals surface area contributed by atoms with Crippen LogP contribution in [0.5, 0.6) is 0 Å². The molecule has 21 heavy (non-hydrogen) atoms. The minimum Gasteiger partial charge on any atom is -0.348 e. The first-order valence-corrected chi connectivity index (χ1v) is 10.0. The summed E-state index contributed by atoms with van der Waals surface area (Å²) in [5, 5.41) is 4.19. The second kappa shape index (κ2) is 7.07. The van der Waals surface area contributed by atoms with Gasteiger partial charge in [-0.25, -0.2) is 0 Å². The van der Waals surface area contributed by atoms with E-state index in [1.165, 1.54) is 19.3 Å². The molecule has 3 atom stereocenters. The molecule has 0 aromatic carbocycles. The van der Waals surface area contributed by atoms with Gasteiger partial charge >= 0.3 is 0 Å². The molecule has 1 heterocycles. The fourth-order valence-electron chi connectivity index (χ4n) is 4.13. The van der Waals surface area contributed by atoms with Crippen molar-refractivity contribution in [3.05, 3.63) is 0 Å². The molecule has 1 aliphatic heterocycles. The molecule has 0 aromatic heterocycles. The van der Waals surface area contributed by atoms with E-state index in [9.17, 15) is 4.21 Å². The molecule has 0 bridgehead atoms. The van der Waals surface area contributed by atoms with Gasteiger partial charge in [0.05, 0.1) is 18.5 Å². The quantitative estimate of drug-likeness (QED) is 0.865. The molecule has 2 saturated carbocycles. The molecule has 0 amide bonds. The zero-order chi connectivity index (χ0) is 14.7. The molecule has 0 unspecified atom stereocenters. The standard InChI is InChI=1S/C16H29NO3S/c1-2-21(18)15-6-4-3-5-14(15)17-13-7-9-16(10-8-13)19-11-12-20-16/h13-15,17H,2-12H2,1H3/t14-,15+,21+/m0/s1. The van der Waals surface area contributed by atoms with Gasteiger partial charge in [-0.2, -0.15) is 0 Å². The Morgan fingerprint density at radius 1 is 1.10 bits per heavy atom. The smallest absolute Gasteiger partial charge is 0.168 e. The molecule has 0 radical (unpaired) electrons. The Balaban J connectivity index is 1.52. The van der Waals surface area contributed by atoms with E-state index in [-0.39, 0.29) is 5.79 Å². The number of ether oxygens (including phenoxy) is 2. The van der Waals surface area contributed by atoms with Gasteiger partial charge < -0.3 is 14.8 Å². The lowest BCUT2D eigenvalue weighted by molar-refractivity contribution is -0.179. The molecule has 4 nitrogen and oxygen atoms in total. The summed E-state index contributed by atoms with van der Waals surface area (Å²) in [5.41, 5.74) is 0. The number of hydrogen-bond acceptors (Lipinski definition) is 4. The van der Waals surface area contributed by atoms with Crippen LogP contribution in [0.4, 0.5) is 0 Å². The van der Waals surface area contributed by atoms with Crippen molar-refractivity contribution in [1.82, 2.24) is 5.32 Å². The average molecular weight is 315 g/mol. The summed E-state index contributed by atoms with van der Waals surface area (Å²) in [5.74, 6) is 0.523. The summed E-state index contributed by atoms with van der Waals surface area (Å²) in [4.78, 5) is 0. The third kappa shape index (κ3) is 3.69.